The normalized spacial score (nSPS) is 21.0. The van der Waals surface area contributed by atoms with Gasteiger partial charge in [0, 0.05) is 27.1 Å². The van der Waals surface area contributed by atoms with Gasteiger partial charge in [-0.1, -0.05) is 12.1 Å². The Balaban J connectivity index is 1.66. The third-order valence-electron chi connectivity index (χ3n) is 4.51. The van der Waals surface area contributed by atoms with Gasteiger partial charge in [-0.15, -0.1) is 0 Å². The van der Waals surface area contributed by atoms with E-state index in [1.165, 1.54) is 12.3 Å². The number of benzene rings is 1. The maximum Gasteiger partial charge on any atom is 0.275 e. The summed E-state index contributed by atoms with van der Waals surface area (Å²) < 4.78 is 24.1. The predicted molar refractivity (Wildman–Crippen MR) is 86.2 cm³/mol. The summed E-state index contributed by atoms with van der Waals surface area (Å²) >= 11 is 0. The number of hydrogen-bond acceptors (Lipinski definition) is 4. The van der Waals surface area contributed by atoms with Crippen molar-refractivity contribution in [2.24, 2.45) is 5.92 Å². The Labute approximate surface area is 140 Å². The summed E-state index contributed by atoms with van der Waals surface area (Å²) in [6, 6.07) is 6.64. The number of amides is 1. The lowest BCUT2D eigenvalue weighted by molar-refractivity contribution is -0.00717. The topological polar surface area (TPSA) is 55.6 Å². The van der Waals surface area contributed by atoms with Crippen molar-refractivity contribution in [1.82, 2.24) is 9.88 Å². The number of hydrogen-bond donors (Lipinski definition) is 0. The van der Waals surface area contributed by atoms with E-state index < -0.39 is 0 Å². The van der Waals surface area contributed by atoms with Gasteiger partial charge < -0.3 is 14.1 Å². The largest absolute Gasteiger partial charge is 0.448 e. The van der Waals surface area contributed by atoms with Crippen LogP contribution < -0.4 is 0 Å². The molecule has 0 saturated carbocycles. The van der Waals surface area contributed by atoms with E-state index in [1.54, 1.807) is 31.1 Å². The van der Waals surface area contributed by atoms with Crippen LogP contribution >= 0.6 is 0 Å². The third-order valence-corrected chi connectivity index (χ3v) is 4.51. The number of halogens is 1. The fourth-order valence-electron chi connectivity index (χ4n) is 3.24. The van der Waals surface area contributed by atoms with E-state index in [9.17, 15) is 9.18 Å². The van der Waals surface area contributed by atoms with Crippen molar-refractivity contribution < 1.29 is 18.3 Å². The Kier molecular flexibility index (Phi) is 4.94. The zero-order valence-corrected chi connectivity index (χ0v) is 13.9. The smallest absolute Gasteiger partial charge is 0.275 e. The average molecular weight is 332 g/mol. The molecule has 2 aromatic rings. The Hall–Kier alpha value is -2.21. The molecule has 1 aromatic carbocycles. The minimum atomic E-state index is -0.226. The van der Waals surface area contributed by atoms with Gasteiger partial charge in [0.25, 0.3) is 5.91 Å². The van der Waals surface area contributed by atoms with Crippen LogP contribution in [0.3, 0.4) is 0 Å². The summed E-state index contributed by atoms with van der Waals surface area (Å²) in [6.07, 6.45) is 2.84. The number of rotatable bonds is 4. The van der Waals surface area contributed by atoms with Gasteiger partial charge in [0.05, 0.1) is 6.10 Å². The van der Waals surface area contributed by atoms with Crippen molar-refractivity contribution in [3.8, 4) is 0 Å². The number of methoxy groups -OCH3 is 1. The van der Waals surface area contributed by atoms with Crippen LogP contribution in [0.5, 0.6) is 0 Å². The Morgan fingerprint density at radius 3 is 3.00 bits per heavy atom. The minimum absolute atomic E-state index is 0.0843. The van der Waals surface area contributed by atoms with E-state index >= 15 is 0 Å². The molecule has 128 valence electrons. The second kappa shape index (κ2) is 7.13. The van der Waals surface area contributed by atoms with Gasteiger partial charge in [0.2, 0.25) is 0 Å². The molecule has 1 saturated heterocycles. The SMILES string of the molecule is CO[C@@H]1CN(C(=O)c2coc(C)n2)CC[C@@H]1Cc1cccc(F)c1. The molecule has 0 spiro atoms. The summed E-state index contributed by atoms with van der Waals surface area (Å²) in [5, 5.41) is 0. The van der Waals surface area contributed by atoms with Gasteiger partial charge in [-0.3, -0.25) is 4.79 Å². The van der Waals surface area contributed by atoms with E-state index in [0.29, 0.717) is 24.7 Å². The van der Waals surface area contributed by atoms with E-state index in [1.807, 2.05) is 6.07 Å². The van der Waals surface area contributed by atoms with E-state index in [4.69, 9.17) is 9.15 Å². The number of likely N-dealkylation sites (tertiary alicyclic amines) is 1. The number of aromatic nitrogens is 1. The van der Waals surface area contributed by atoms with Gasteiger partial charge in [0.15, 0.2) is 11.6 Å². The summed E-state index contributed by atoms with van der Waals surface area (Å²) in [7, 11) is 1.65. The first-order chi connectivity index (χ1) is 11.6. The second-order valence-corrected chi connectivity index (χ2v) is 6.16. The van der Waals surface area contributed by atoms with Crippen molar-refractivity contribution >= 4 is 5.91 Å². The van der Waals surface area contributed by atoms with Gasteiger partial charge in [0.1, 0.15) is 12.1 Å². The lowest BCUT2D eigenvalue weighted by Crippen LogP contribution is -2.48. The maximum absolute atomic E-state index is 13.4. The molecule has 24 heavy (non-hydrogen) atoms. The summed E-state index contributed by atoms with van der Waals surface area (Å²) in [6.45, 7) is 2.84. The highest BCUT2D eigenvalue weighted by Gasteiger charge is 2.32. The minimum Gasteiger partial charge on any atom is -0.448 e. The Morgan fingerprint density at radius 1 is 1.50 bits per heavy atom. The molecule has 1 fully saturated rings. The number of carbonyl (C=O) groups excluding carboxylic acids is 1. The van der Waals surface area contributed by atoms with Crippen molar-refractivity contribution in [2.45, 2.75) is 25.9 Å². The van der Waals surface area contributed by atoms with Crippen LogP contribution in [-0.4, -0.2) is 42.1 Å². The Morgan fingerprint density at radius 2 is 2.33 bits per heavy atom. The van der Waals surface area contributed by atoms with Gasteiger partial charge >= 0.3 is 0 Å². The van der Waals surface area contributed by atoms with Crippen molar-refractivity contribution in [3.63, 3.8) is 0 Å². The maximum atomic E-state index is 13.4. The molecule has 0 radical (unpaired) electrons. The lowest BCUT2D eigenvalue weighted by atomic mass is 9.87. The van der Waals surface area contributed by atoms with Crippen LogP contribution in [0.1, 0.15) is 28.4 Å². The molecule has 2 heterocycles. The zero-order chi connectivity index (χ0) is 17.1. The molecule has 1 aliphatic rings. The standard InChI is InChI=1S/C18H21FN2O3/c1-12-20-16(11-24-12)18(22)21-7-6-14(17(10-21)23-2)8-13-4-3-5-15(19)9-13/h3-5,9,11,14,17H,6-8,10H2,1-2H3/t14-,17-/m1/s1. The quantitative estimate of drug-likeness (QED) is 0.864. The van der Waals surface area contributed by atoms with Gasteiger partial charge in [-0.2, -0.15) is 0 Å². The molecule has 1 aliphatic heterocycles. The van der Waals surface area contributed by atoms with E-state index in [2.05, 4.69) is 4.98 Å². The van der Waals surface area contributed by atoms with Crippen LogP contribution in [0, 0.1) is 18.7 Å². The fourth-order valence-corrected chi connectivity index (χ4v) is 3.24. The molecular weight excluding hydrogens is 311 g/mol. The summed E-state index contributed by atoms with van der Waals surface area (Å²) in [5.41, 5.74) is 1.28. The molecule has 0 N–H and O–H groups in total. The molecule has 3 rings (SSSR count). The first-order valence-corrected chi connectivity index (χ1v) is 8.05. The molecule has 6 heteroatoms. The van der Waals surface area contributed by atoms with Gasteiger partial charge in [-0.05, 0) is 36.5 Å². The van der Waals surface area contributed by atoms with E-state index in [0.717, 1.165) is 18.4 Å². The zero-order valence-electron chi connectivity index (χ0n) is 13.9. The molecule has 1 aromatic heterocycles. The van der Waals surface area contributed by atoms with Crippen LogP contribution in [0.4, 0.5) is 4.39 Å². The number of piperidine rings is 1. The highest BCUT2D eigenvalue weighted by Crippen LogP contribution is 2.25. The molecule has 0 bridgehead atoms. The average Bonchev–Trinajstić information content (AvgIpc) is 3.01. The van der Waals surface area contributed by atoms with Crippen molar-refractivity contribution in [2.75, 3.05) is 20.2 Å². The summed E-state index contributed by atoms with van der Waals surface area (Å²) in [4.78, 5) is 18.3. The molecule has 0 unspecified atom stereocenters. The predicted octanol–water partition coefficient (Wildman–Crippen LogP) is 2.84. The second-order valence-electron chi connectivity index (χ2n) is 6.16. The molecular formula is C18H21FN2O3. The first-order valence-electron chi connectivity index (χ1n) is 8.05. The van der Waals surface area contributed by atoms with Gasteiger partial charge in [-0.25, -0.2) is 9.37 Å². The summed E-state index contributed by atoms with van der Waals surface area (Å²) in [5.74, 6) is 0.358. The Bertz CT molecular complexity index is 716. The fraction of sp³-hybridized carbons (Fsp3) is 0.444. The number of carbonyl (C=O) groups is 1. The highest BCUT2D eigenvalue weighted by atomic mass is 19.1. The van der Waals surface area contributed by atoms with Crippen molar-refractivity contribution in [3.05, 3.63) is 53.5 Å². The lowest BCUT2D eigenvalue weighted by Gasteiger charge is -2.37. The molecule has 0 aliphatic carbocycles. The number of oxazole rings is 1. The molecule has 1 amide bonds. The number of ether oxygens (including phenoxy) is 1. The molecule has 5 nitrogen and oxygen atoms in total. The van der Waals surface area contributed by atoms with E-state index in [-0.39, 0.29) is 23.7 Å². The first kappa shape index (κ1) is 16.6. The third kappa shape index (κ3) is 3.64. The van der Waals surface area contributed by atoms with Crippen molar-refractivity contribution in [1.29, 1.82) is 0 Å². The monoisotopic (exact) mass is 332 g/mol. The van der Waals surface area contributed by atoms with Crippen LogP contribution in [-0.2, 0) is 11.2 Å². The number of aryl methyl sites for hydroxylation is 1. The highest BCUT2D eigenvalue weighted by molar-refractivity contribution is 5.92. The molecule has 2 atom stereocenters. The van der Waals surface area contributed by atoms with Crippen LogP contribution in [0.25, 0.3) is 0 Å². The van der Waals surface area contributed by atoms with Crippen LogP contribution in [0.15, 0.2) is 34.9 Å². The number of nitrogens with zero attached hydrogens (tertiary/aromatic N) is 2. The van der Waals surface area contributed by atoms with Crippen LogP contribution in [0.2, 0.25) is 0 Å².